The second-order valence-electron chi connectivity index (χ2n) is 5.76. The first-order valence-electron chi connectivity index (χ1n) is 7.66. The van der Waals surface area contributed by atoms with Gasteiger partial charge < -0.3 is 9.80 Å². The summed E-state index contributed by atoms with van der Waals surface area (Å²) < 4.78 is 0. The van der Waals surface area contributed by atoms with Gasteiger partial charge in [0.25, 0.3) is 5.56 Å². The zero-order chi connectivity index (χ0) is 15.8. The summed E-state index contributed by atoms with van der Waals surface area (Å²) in [5.41, 5.74) is 2.96. The van der Waals surface area contributed by atoms with E-state index in [0.717, 1.165) is 59.7 Å². The highest BCUT2D eigenvalue weighted by Crippen LogP contribution is 2.27. The Kier molecular flexibility index (Phi) is 3.95. The first kappa shape index (κ1) is 14.9. The molecule has 1 N–H and O–H groups in total. The molecule has 0 radical (unpaired) electrons. The van der Waals surface area contributed by atoms with Crippen molar-refractivity contribution >= 4 is 35.0 Å². The van der Waals surface area contributed by atoms with Gasteiger partial charge in [-0.2, -0.15) is 11.8 Å². The van der Waals surface area contributed by atoms with Crippen LogP contribution in [0.1, 0.15) is 11.3 Å². The predicted molar refractivity (Wildman–Crippen MR) is 95.7 cm³/mol. The summed E-state index contributed by atoms with van der Waals surface area (Å²) in [6.45, 7) is 3.44. The Morgan fingerprint density at radius 2 is 1.91 bits per heavy atom. The van der Waals surface area contributed by atoms with Gasteiger partial charge in [-0.15, -0.1) is 0 Å². The number of hydrogen-bond acceptors (Lipinski definition) is 5. The number of halogens is 1. The van der Waals surface area contributed by atoms with E-state index in [1.807, 2.05) is 18.2 Å². The van der Waals surface area contributed by atoms with Gasteiger partial charge in [-0.05, 0) is 18.2 Å². The average Bonchev–Trinajstić information content (AvgIpc) is 3.04. The fraction of sp³-hybridized carbons (Fsp3) is 0.375. The maximum absolute atomic E-state index is 12.1. The molecule has 120 valence electrons. The van der Waals surface area contributed by atoms with Gasteiger partial charge in [0.15, 0.2) is 0 Å². The molecule has 1 saturated heterocycles. The van der Waals surface area contributed by atoms with Gasteiger partial charge in [-0.1, -0.05) is 17.7 Å². The van der Waals surface area contributed by atoms with Gasteiger partial charge >= 0.3 is 0 Å². The van der Waals surface area contributed by atoms with Crippen molar-refractivity contribution in [2.45, 2.75) is 11.5 Å². The largest absolute Gasteiger partial charge is 0.368 e. The van der Waals surface area contributed by atoms with Gasteiger partial charge in [0.1, 0.15) is 0 Å². The Labute approximate surface area is 143 Å². The molecule has 5 nitrogen and oxygen atoms in total. The van der Waals surface area contributed by atoms with E-state index in [2.05, 4.69) is 25.8 Å². The summed E-state index contributed by atoms with van der Waals surface area (Å²) >= 11 is 7.82. The van der Waals surface area contributed by atoms with Crippen LogP contribution in [0, 0.1) is 0 Å². The standard InChI is InChI=1S/C16H17ClN4OS/c17-11-2-1-3-12(8-11)20-4-6-21(7-5-20)16-18-14-10-23-9-13(14)15(22)19-16/h1-3,8H,4-7,9-10H2,(H,18,19,22). The number of thioether (sulfide) groups is 1. The van der Waals surface area contributed by atoms with E-state index < -0.39 is 0 Å². The third-order valence-electron chi connectivity index (χ3n) is 4.33. The number of H-pyrrole nitrogens is 1. The first-order chi connectivity index (χ1) is 11.2. The fourth-order valence-electron chi connectivity index (χ4n) is 3.05. The maximum atomic E-state index is 12.1. The topological polar surface area (TPSA) is 52.2 Å². The molecule has 0 atom stereocenters. The van der Waals surface area contributed by atoms with Crippen LogP contribution >= 0.6 is 23.4 Å². The van der Waals surface area contributed by atoms with E-state index in [9.17, 15) is 4.79 Å². The molecule has 1 aromatic carbocycles. The molecule has 2 aliphatic rings. The molecule has 0 amide bonds. The minimum atomic E-state index is 0.0206. The summed E-state index contributed by atoms with van der Waals surface area (Å²) in [7, 11) is 0. The highest BCUT2D eigenvalue weighted by Gasteiger charge is 2.23. The Bertz CT molecular complexity index is 786. The van der Waals surface area contributed by atoms with E-state index in [0.29, 0.717) is 5.95 Å². The quantitative estimate of drug-likeness (QED) is 0.903. The predicted octanol–water partition coefficient (Wildman–Crippen LogP) is 2.50. The van der Waals surface area contributed by atoms with Crippen molar-refractivity contribution in [2.24, 2.45) is 0 Å². The van der Waals surface area contributed by atoms with E-state index >= 15 is 0 Å². The van der Waals surface area contributed by atoms with Crippen molar-refractivity contribution in [1.29, 1.82) is 0 Å². The lowest BCUT2D eigenvalue weighted by Crippen LogP contribution is -2.47. The van der Waals surface area contributed by atoms with Crippen molar-refractivity contribution in [2.75, 3.05) is 36.0 Å². The number of anilines is 2. The molecule has 23 heavy (non-hydrogen) atoms. The summed E-state index contributed by atoms with van der Waals surface area (Å²) in [6.07, 6.45) is 0. The zero-order valence-corrected chi connectivity index (χ0v) is 14.2. The lowest BCUT2D eigenvalue weighted by molar-refractivity contribution is 0.637. The van der Waals surface area contributed by atoms with Gasteiger partial charge in [0.05, 0.1) is 5.69 Å². The Balaban J connectivity index is 1.50. The van der Waals surface area contributed by atoms with E-state index in [1.54, 1.807) is 11.8 Å². The van der Waals surface area contributed by atoms with Crippen LogP contribution < -0.4 is 15.4 Å². The summed E-state index contributed by atoms with van der Waals surface area (Å²) in [5.74, 6) is 2.33. The van der Waals surface area contributed by atoms with Crippen LogP contribution in [0.4, 0.5) is 11.6 Å². The Morgan fingerprint density at radius 1 is 1.13 bits per heavy atom. The second-order valence-corrected chi connectivity index (χ2v) is 7.18. The fourth-order valence-corrected chi connectivity index (χ4v) is 4.27. The van der Waals surface area contributed by atoms with Crippen LogP contribution in [0.5, 0.6) is 0 Å². The van der Waals surface area contributed by atoms with Crippen molar-refractivity contribution < 1.29 is 0 Å². The third kappa shape index (κ3) is 2.93. The normalized spacial score (nSPS) is 17.4. The van der Waals surface area contributed by atoms with Crippen LogP contribution in [0.25, 0.3) is 0 Å². The van der Waals surface area contributed by atoms with Crippen molar-refractivity contribution in [3.05, 3.63) is 50.9 Å². The number of aromatic amines is 1. The minimum absolute atomic E-state index is 0.0206. The molecule has 0 saturated carbocycles. The van der Waals surface area contributed by atoms with Crippen LogP contribution in [-0.2, 0) is 11.5 Å². The number of rotatable bonds is 2. The summed E-state index contributed by atoms with van der Waals surface area (Å²) in [5, 5.41) is 0.757. The number of nitrogens with zero attached hydrogens (tertiary/aromatic N) is 3. The smallest absolute Gasteiger partial charge is 0.256 e. The lowest BCUT2D eigenvalue weighted by atomic mass is 10.2. The number of hydrogen-bond donors (Lipinski definition) is 1. The summed E-state index contributed by atoms with van der Waals surface area (Å²) in [4.78, 5) is 24.2. The van der Waals surface area contributed by atoms with Crippen LogP contribution in [-0.4, -0.2) is 36.1 Å². The van der Waals surface area contributed by atoms with E-state index in [4.69, 9.17) is 11.6 Å². The molecule has 3 heterocycles. The van der Waals surface area contributed by atoms with Gasteiger partial charge in [-0.25, -0.2) is 4.98 Å². The highest BCUT2D eigenvalue weighted by molar-refractivity contribution is 7.98. The highest BCUT2D eigenvalue weighted by atomic mass is 35.5. The van der Waals surface area contributed by atoms with E-state index in [-0.39, 0.29) is 5.56 Å². The molecule has 1 aromatic heterocycles. The monoisotopic (exact) mass is 348 g/mol. The number of fused-ring (bicyclic) bond motifs is 1. The average molecular weight is 349 g/mol. The first-order valence-corrected chi connectivity index (χ1v) is 9.19. The molecular weight excluding hydrogens is 332 g/mol. The molecule has 0 bridgehead atoms. The minimum Gasteiger partial charge on any atom is -0.368 e. The molecule has 2 aliphatic heterocycles. The number of benzene rings is 1. The number of nitrogens with one attached hydrogen (secondary N) is 1. The van der Waals surface area contributed by atoms with E-state index in [1.165, 1.54) is 0 Å². The van der Waals surface area contributed by atoms with Gasteiger partial charge in [0, 0.05) is 54.0 Å². The molecule has 0 unspecified atom stereocenters. The zero-order valence-electron chi connectivity index (χ0n) is 12.6. The summed E-state index contributed by atoms with van der Waals surface area (Å²) in [6, 6.07) is 7.93. The van der Waals surface area contributed by atoms with Gasteiger partial charge in [-0.3, -0.25) is 9.78 Å². The second kappa shape index (κ2) is 6.09. The van der Waals surface area contributed by atoms with Crippen LogP contribution in [0.2, 0.25) is 5.02 Å². The number of aromatic nitrogens is 2. The van der Waals surface area contributed by atoms with Crippen LogP contribution in [0.3, 0.4) is 0 Å². The molecular formula is C16H17ClN4OS. The lowest BCUT2D eigenvalue weighted by Gasteiger charge is -2.36. The molecule has 0 spiro atoms. The Hall–Kier alpha value is -1.66. The Morgan fingerprint density at radius 3 is 2.70 bits per heavy atom. The molecule has 2 aromatic rings. The molecule has 7 heteroatoms. The molecule has 1 fully saturated rings. The maximum Gasteiger partial charge on any atom is 0.256 e. The van der Waals surface area contributed by atoms with Crippen molar-refractivity contribution in [3.63, 3.8) is 0 Å². The number of piperazine rings is 1. The van der Waals surface area contributed by atoms with Crippen LogP contribution in [0.15, 0.2) is 29.1 Å². The SMILES string of the molecule is O=c1[nH]c(N2CCN(c3cccc(Cl)c3)CC2)nc2c1CSC2. The van der Waals surface area contributed by atoms with Crippen molar-refractivity contribution in [3.8, 4) is 0 Å². The molecule has 0 aliphatic carbocycles. The van der Waals surface area contributed by atoms with Crippen molar-refractivity contribution in [1.82, 2.24) is 9.97 Å². The van der Waals surface area contributed by atoms with Gasteiger partial charge in [0.2, 0.25) is 5.95 Å². The molecule has 4 rings (SSSR count). The third-order valence-corrected chi connectivity index (χ3v) is 5.53.